The van der Waals surface area contributed by atoms with Crippen LogP contribution in [0.5, 0.6) is 0 Å². The van der Waals surface area contributed by atoms with Crippen molar-refractivity contribution in [2.45, 2.75) is 6.42 Å². The Hall–Kier alpha value is -1.26. The highest BCUT2D eigenvalue weighted by atomic mass is 35.5. The van der Waals surface area contributed by atoms with Crippen molar-refractivity contribution in [2.75, 3.05) is 0 Å². The Morgan fingerprint density at radius 3 is 2.53 bits per heavy atom. The highest BCUT2D eigenvalue weighted by Crippen LogP contribution is 2.57. The Labute approximate surface area is 94.0 Å². The summed E-state index contributed by atoms with van der Waals surface area (Å²) in [7, 11) is 0. The van der Waals surface area contributed by atoms with Gasteiger partial charge in [-0.25, -0.2) is 0 Å². The van der Waals surface area contributed by atoms with Gasteiger partial charge in [0, 0.05) is 5.02 Å². The molecule has 3 atom stereocenters. The van der Waals surface area contributed by atoms with Crippen LogP contribution in [0.3, 0.4) is 0 Å². The molecule has 3 unspecified atom stereocenters. The van der Waals surface area contributed by atoms with Crippen molar-refractivity contribution in [2.24, 2.45) is 17.8 Å². The molecular formula is C13H10ClN. The molecule has 1 saturated carbocycles. The van der Waals surface area contributed by atoms with Crippen LogP contribution in [0, 0.1) is 29.1 Å². The third-order valence-electron chi connectivity index (χ3n) is 3.44. The topological polar surface area (TPSA) is 23.8 Å². The molecule has 1 fully saturated rings. The van der Waals surface area contributed by atoms with E-state index in [1.54, 1.807) is 0 Å². The average Bonchev–Trinajstić information content (AvgIpc) is 2.72. The summed E-state index contributed by atoms with van der Waals surface area (Å²) in [4.78, 5) is 0. The van der Waals surface area contributed by atoms with E-state index in [9.17, 15) is 0 Å². The monoisotopic (exact) mass is 215 g/mol. The minimum atomic E-state index is 0.293. The SMILES string of the molecule is N#CC1C2C=C(c3ccc(Cl)cc3)CC12. The zero-order valence-electron chi connectivity index (χ0n) is 8.15. The molecule has 0 N–H and O–H groups in total. The molecule has 1 aromatic rings. The average molecular weight is 216 g/mol. The summed E-state index contributed by atoms with van der Waals surface area (Å²) >= 11 is 5.84. The zero-order valence-corrected chi connectivity index (χ0v) is 8.91. The minimum Gasteiger partial charge on any atom is -0.198 e. The van der Waals surface area contributed by atoms with E-state index in [2.05, 4.69) is 24.3 Å². The molecule has 0 saturated heterocycles. The van der Waals surface area contributed by atoms with Gasteiger partial charge in [0.05, 0.1) is 12.0 Å². The van der Waals surface area contributed by atoms with Crippen molar-refractivity contribution in [1.29, 1.82) is 5.26 Å². The van der Waals surface area contributed by atoms with Crippen molar-refractivity contribution in [3.8, 4) is 6.07 Å². The third-order valence-corrected chi connectivity index (χ3v) is 3.69. The summed E-state index contributed by atoms with van der Waals surface area (Å²) < 4.78 is 0. The van der Waals surface area contributed by atoms with Crippen LogP contribution in [-0.2, 0) is 0 Å². The lowest BCUT2D eigenvalue weighted by molar-refractivity contribution is 0.829. The first-order valence-electron chi connectivity index (χ1n) is 5.16. The highest BCUT2D eigenvalue weighted by molar-refractivity contribution is 6.30. The molecule has 0 spiro atoms. The number of rotatable bonds is 1. The molecule has 0 amide bonds. The van der Waals surface area contributed by atoms with E-state index in [1.165, 1.54) is 11.1 Å². The Balaban J connectivity index is 1.84. The van der Waals surface area contributed by atoms with Gasteiger partial charge < -0.3 is 0 Å². The first kappa shape index (κ1) is 9.00. The van der Waals surface area contributed by atoms with Crippen molar-refractivity contribution in [3.63, 3.8) is 0 Å². The highest BCUT2D eigenvalue weighted by Gasteiger charge is 2.52. The molecule has 74 valence electrons. The summed E-state index contributed by atoms with van der Waals surface area (Å²) in [6.45, 7) is 0. The predicted molar refractivity (Wildman–Crippen MR) is 60.1 cm³/mol. The van der Waals surface area contributed by atoms with Crippen LogP contribution in [0.25, 0.3) is 5.57 Å². The van der Waals surface area contributed by atoms with Crippen molar-refractivity contribution < 1.29 is 0 Å². The van der Waals surface area contributed by atoms with Crippen LogP contribution < -0.4 is 0 Å². The zero-order chi connectivity index (χ0) is 10.4. The number of hydrogen-bond donors (Lipinski definition) is 0. The van der Waals surface area contributed by atoms with Gasteiger partial charge in [0.15, 0.2) is 0 Å². The van der Waals surface area contributed by atoms with Crippen LogP contribution in [0.4, 0.5) is 0 Å². The van der Waals surface area contributed by atoms with Gasteiger partial charge in [-0.15, -0.1) is 0 Å². The minimum absolute atomic E-state index is 0.293. The Morgan fingerprint density at radius 1 is 1.27 bits per heavy atom. The first-order chi connectivity index (χ1) is 7.29. The van der Waals surface area contributed by atoms with Gasteiger partial charge in [-0.1, -0.05) is 29.8 Å². The lowest BCUT2D eigenvalue weighted by Gasteiger charge is -2.04. The van der Waals surface area contributed by atoms with E-state index in [0.717, 1.165) is 11.4 Å². The molecule has 3 rings (SSSR count). The normalized spacial score (nSPS) is 31.7. The van der Waals surface area contributed by atoms with Gasteiger partial charge >= 0.3 is 0 Å². The maximum Gasteiger partial charge on any atom is 0.0665 e. The lowest BCUT2D eigenvalue weighted by atomic mass is 10.0. The summed E-state index contributed by atoms with van der Waals surface area (Å²) in [6.07, 6.45) is 3.33. The molecule has 1 nitrogen and oxygen atoms in total. The Bertz CT molecular complexity index is 466. The second kappa shape index (κ2) is 3.12. The molecule has 2 aliphatic rings. The molecule has 0 heterocycles. The summed E-state index contributed by atoms with van der Waals surface area (Å²) in [5.74, 6) is 1.42. The summed E-state index contributed by atoms with van der Waals surface area (Å²) in [5, 5.41) is 9.58. The maximum absolute atomic E-state index is 8.81. The smallest absolute Gasteiger partial charge is 0.0665 e. The largest absolute Gasteiger partial charge is 0.198 e. The van der Waals surface area contributed by atoms with E-state index < -0.39 is 0 Å². The van der Waals surface area contributed by atoms with Crippen LogP contribution in [-0.4, -0.2) is 0 Å². The van der Waals surface area contributed by atoms with E-state index in [4.69, 9.17) is 16.9 Å². The second-order valence-electron chi connectivity index (χ2n) is 4.30. The molecule has 2 aliphatic carbocycles. The fraction of sp³-hybridized carbons (Fsp3) is 0.308. The van der Waals surface area contributed by atoms with Gasteiger partial charge in [-0.2, -0.15) is 5.26 Å². The molecule has 0 bridgehead atoms. The van der Waals surface area contributed by atoms with Gasteiger partial charge in [-0.05, 0) is 41.5 Å². The summed E-state index contributed by atoms with van der Waals surface area (Å²) in [6, 6.07) is 10.3. The van der Waals surface area contributed by atoms with Gasteiger partial charge in [0.2, 0.25) is 0 Å². The van der Waals surface area contributed by atoms with Crippen LogP contribution in [0.1, 0.15) is 12.0 Å². The lowest BCUT2D eigenvalue weighted by Crippen LogP contribution is -1.86. The quantitative estimate of drug-likeness (QED) is 0.703. The number of fused-ring (bicyclic) bond motifs is 1. The number of nitriles is 1. The van der Waals surface area contributed by atoms with Crippen LogP contribution in [0.15, 0.2) is 30.3 Å². The molecule has 0 aromatic heterocycles. The molecule has 15 heavy (non-hydrogen) atoms. The molecule has 1 aromatic carbocycles. The van der Waals surface area contributed by atoms with Crippen molar-refractivity contribution in [1.82, 2.24) is 0 Å². The molecule has 2 heteroatoms. The van der Waals surface area contributed by atoms with E-state index in [0.29, 0.717) is 17.8 Å². The fourth-order valence-electron chi connectivity index (χ4n) is 2.50. The Kier molecular flexibility index (Phi) is 1.87. The van der Waals surface area contributed by atoms with Crippen LogP contribution >= 0.6 is 11.6 Å². The third kappa shape index (κ3) is 1.37. The Morgan fingerprint density at radius 2 is 2.00 bits per heavy atom. The standard InChI is InChI=1S/C13H10ClN/c14-10-3-1-8(2-4-10)9-5-11-12(6-9)13(11)7-15/h1-5,11-13H,6H2. The predicted octanol–water partition coefficient (Wildman–Crippen LogP) is 3.51. The van der Waals surface area contributed by atoms with Crippen molar-refractivity contribution in [3.05, 3.63) is 40.9 Å². The van der Waals surface area contributed by atoms with E-state index in [-0.39, 0.29) is 0 Å². The number of hydrogen-bond acceptors (Lipinski definition) is 1. The van der Waals surface area contributed by atoms with Gasteiger partial charge in [0.1, 0.15) is 0 Å². The van der Waals surface area contributed by atoms with Gasteiger partial charge in [0.25, 0.3) is 0 Å². The second-order valence-corrected chi connectivity index (χ2v) is 4.74. The number of nitrogens with zero attached hydrogens (tertiary/aromatic N) is 1. The van der Waals surface area contributed by atoms with Crippen LogP contribution in [0.2, 0.25) is 5.02 Å². The first-order valence-corrected chi connectivity index (χ1v) is 5.53. The molecule has 0 radical (unpaired) electrons. The fourth-order valence-corrected chi connectivity index (χ4v) is 2.63. The van der Waals surface area contributed by atoms with E-state index >= 15 is 0 Å². The molecular weight excluding hydrogens is 206 g/mol. The number of allylic oxidation sites excluding steroid dienone is 2. The molecule has 0 aliphatic heterocycles. The number of halogens is 1. The van der Waals surface area contributed by atoms with Gasteiger partial charge in [-0.3, -0.25) is 0 Å². The maximum atomic E-state index is 8.81. The van der Waals surface area contributed by atoms with E-state index in [1.807, 2.05) is 12.1 Å². The summed E-state index contributed by atoms with van der Waals surface area (Å²) in [5.41, 5.74) is 2.64. The van der Waals surface area contributed by atoms with Crippen molar-refractivity contribution >= 4 is 17.2 Å². The number of benzene rings is 1.